The predicted molar refractivity (Wildman–Crippen MR) is 115 cm³/mol. The maximum absolute atomic E-state index is 11.1. The second-order valence-corrected chi connectivity index (χ2v) is 8.11. The van der Waals surface area contributed by atoms with Crippen molar-refractivity contribution >= 4 is 17.4 Å². The number of aliphatic hydroxyl groups is 1. The van der Waals surface area contributed by atoms with Gasteiger partial charge in [0, 0.05) is 42.1 Å². The van der Waals surface area contributed by atoms with Gasteiger partial charge in [-0.2, -0.15) is 0 Å². The first-order valence-electron chi connectivity index (χ1n) is 10.5. The highest BCUT2D eigenvalue weighted by molar-refractivity contribution is 5.87. The summed E-state index contributed by atoms with van der Waals surface area (Å²) in [6.45, 7) is 2.53. The van der Waals surface area contributed by atoms with E-state index in [1.54, 1.807) is 25.6 Å². The second kappa shape index (κ2) is 8.99. The number of fused-ring (bicyclic) bond motifs is 1. The average Bonchev–Trinajstić information content (AvgIpc) is 3.13. The molecule has 31 heavy (non-hydrogen) atoms. The molecule has 1 fully saturated rings. The van der Waals surface area contributed by atoms with Crippen molar-refractivity contribution in [1.29, 1.82) is 0 Å². The minimum Gasteiger partial charge on any atom is -0.477 e. The molecule has 9 nitrogen and oxygen atoms in total. The van der Waals surface area contributed by atoms with Gasteiger partial charge in [-0.15, -0.1) is 5.10 Å². The van der Waals surface area contributed by atoms with Crippen molar-refractivity contribution in [2.45, 2.75) is 50.7 Å². The van der Waals surface area contributed by atoms with Crippen molar-refractivity contribution in [1.82, 2.24) is 19.6 Å². The Bertz CT molecular complexity index is 1060. The Hall–Kier alpha value is -3.04. The van der Waals surface area contributed by atoms with Gasteiger partial charge in [0.2, 0.25) is 5.95 Å². The van der Waals surface area contributed by atoms with E-state index in [9.17, 15) is 9.90 Å². The SMILES string of the molecule is COC[C@H](C)Nc1ncc2c(-c3ccc(C(=O)O)nc3)cc([C@H]3CC[C@H](O)CC3)n2n1. The van der Waals surface area contributed by atoms with E-state index in [4.69, 9.17) is 14.9 Å². The number of aromatic carboxylic acids is 1. The Morgan fingerprint density at radius 1 is 1.26 bits per heavy atom. The molecule has 1 atom stereocenters. The quantitative estimate of drug-likeness (QED) is 0.528. The number of pyridine rings is 1. The van der Waals surface area contributed by atoms with Gasteiger partial charge in [-0.25, -0.2) is 19.3 Å². The topological polar surface area (TPSA) is 122 Å². The maximum Gasteiger partial charge on any atom is 0.354 e. The molecule has 0 unspecified atom stereocenters. The van der Waals surface area contributed by atoms with Crippen LogP contribution >= 0.6 is 0 Å². The highest BCUT2D eigenvalue weighted by Crippen LogP contribution is 2.37. The van der Waals surface area contributed by atoms with Crippen molar-refractivity contribution in [3.63, 3.8) is 0 Å². The van der Waals surface area contributed by atoms with Gasteiger partial charge in [0.25, 0.3) is 0 Å². The zero-order valence-electron chi connectivity index (χ0n) is 17.7. The molecule has 0 bridgehead atoms. The smallest absolute Gasteiger partial charge is 0.354 e. The first-order valence-corrected chi connectivity index (χ1v) is 10.5. The lowest BCUT2D eigenvalue weighted by Crippen LogP contribution is -2.23. The zero-order chi connectivity index (χ0) is 22.0. The first-order chi connectivity index (χ1) is 15.0. The lowest BCUT2D eigenvalue weighted by Gasteiger charge is -2.25. The van der Waals surface area contributed by atoms with E-state index in [0.29, 0.717) is 12.6 Å². The molecule has 0 saturated heterocycles. The van der Waals surface area contributed by atoms with Gasteiger partial charge in [-0.1, -0.05) is 6.07 Å². The van der Waals surface area contributed by atoms with Crippen LogP contribution in [0.25, 0.3) is 16.6 Å². The summed E-state index contributed by atoms with van der Waals surface area (Å²) in [5, 5.41) is 27.1. The van der Waals surface area contributed by atoms with Gasteiger partial charge in [0.05, 0.1) is 24.4 Å². The molecule has 3 heterocycles. The predicted octanol–water partition coefficient (Wildman–Crippen LogP) is 2.95. The van der Waals surface area contributed by atoms with Crippen LogP contribution in [0.4, 0.5) is 5.95 Å². The van der Waals surface area contributed by atoms with Crippen molar-refractivity contribution in [3.8, 4) is 11.1 Å². The third-order valence-corrected chi connectivity index (χ3v) is 5.75. The number of ether oxygens (including phenoxy) is 1. The average molecular weight is 425 g/mol. The number of nitrogens with zero attached hydrogens (tertiary/aromatic N) is 4. The molecule has 3 aromatic heterocycles. The summed E-state index contributed by atoms with van der Waals surface area (Å²) in [6.07, 6.45) is 6.41. The summed E-state index contributed by atoms with van der Waals surface area (Å²) in [5.41, 5.74) is 3.60. The van der Waals surface area contributed by atoms with E-state index >= 15 is 0 Å². The minimum absolute atomic E-state index is 0.00335. The van der Waals surface area contributed by atoms with Crippen molar-refractivity contribution in [2.24, 2.45) is 0 Å². The lowest BCUT2D eigenvalue weighted by atomic mass is 9.85. The Labute approximate surface area is 180 Å². The Balaban J connectivity index is 1.76. The maximum atomic E-state index is 11.1. The van der Waals surface area contributed by atoms with Crippen LogP contribution < -0.4 is 5.32 Å². The molecule has 3 aromatic rings. The van der Waals surface area contributed by atoms with E-state index in [1.807, 2.05) is 11.4 Å². The Kier molecular flexibility index (Phi) is 6.15. The van der Waals surface area contributed by atoms with Gasteiger partial charge < -0.3 is 20.3 Å². The molecule has 1 aliphatic carbocycles. The van der Waals surface area contributed by atoms with Crippen LogP contribution in [0.2, 0.25) is 0 Å². The standard InChI is InChI=1S/C22H27N5O4/c1-13(12-31-2)25-22-24-11-20-17(15-5-8-18(21(29)30)23-10-15)9-19(27(20)26-22)14-3-6-16(28)7-4-14/h5,8-11,13-14,16,28H,3-4,6-7,12H2,1-2H3,(H,25,26)(H,29,30)/t13-,14-,16-/m0/s1. The lowest BCUT2D eigenvalue weighted by molar-refractivity contribution is 0.0690. The molecular formula is C22H27N5O4. The largest absolute Gasteiger partial charge is 0.477 e. The number of aromatic nitrogens is 4. The number of rotatable bonds is 7. The molecule has 4 rings (SSSR count). The normalized spacial score (nSPS) is 20.0. The highest BCUT2D eigenvalue weighted by atomic mass is 16.5. The zero-order valence-corrected chi connectivity index (χ0v) is 17.7. The third kappa shape index (κ3) is 4.52. The van der Waals surface area contributed by atoms with E-state index in [0.717, 1.165) is 48.0 Å². The number of anilines is 1. The summed E-state index contributed by atoms with van der Waals surface area (Å²) in [7, 11) is 1.65. The first kappa shape index (κ1) is 21.2. The fourth-order valence-electron chi connectivity index (χ4n) is 4.17. The number of methoxy groups -OCH3 is 1. The number of carboxylic acids is 1. The van der Waals surface area contributed by atoms with Gasteiger partial charge in [0.1, 0.15) is 5.69 Å². The number of nitrogens with one attached hydrogen (secondary N) is 1. The molecule has 0 spiro atoms. The fraction of sp³-hybridized carbons (Fsp3) is 0.455. The Morgan fingerprint density at radius 2 is 2.03 bits per heavy atom. The molecule has 0 radical (unpaired) electrons. The summed E-state index contributed by atoms with van der Waals surface area (Å²) < 4.78 is 7.10. The minimum atomic E-state index is -1.06. The van der Waals surface area contributed by atoms with Crippen molar-refractivity contribution in [2.75, 3.05) is 19.0 Å². The number of aliphatic hydroxyl groups excluding tert-OH is 1. The van der Waals surface area contributed by atoms with E-state index < -0.39 is 5.97 Å². The van der Waals surface area contributed by atoms with E-state index in [1.165, 1.54) is 6.07 Å². The summed E-state index contributed by atoms with van der Waals surface area (Å²) >= 11 is 0. The third-order valence-electron chi connectivity index (χ3n) is 5.75. The molecule has 3 N–H and O–H groups in total. The van der Waals surface area contributed by atoms with Crippen LogP contribution in [0.5, 0.6) is 0 Å². The molecule has 1 saturated carbocycles. The fourth-order valence-corrected chi connectivity index (χ4v) is 4.17. The number of carboxylic acid groups (broad SMARTS) is 1. The molecule has 0 aromatic carbocycles. The molecular weight excluding hydrogens is 398 g/mol. The summed E-state index contributed by atoms with van der Waals surface area (Å²) in [4.78, 5) is 19.7. The van der Waals surface area contributed by atoms with Crippen LogP contribution in [0.1, 0.15) is 54.7 Å². The molecule has 0 aliphatic heterocycles. The number of hydrogen-bond donors (Lipinski definition) is 3. The van der Waals surface area contributed by atoms with Crippen LogP contribution in [0, 0.1) is 0 Å². The second-order valence-electron chi connectivity index (χ2n) is 8.11. The monoisotopic (exact) mass is 425 g/mol. The van der Waals surface area contributed by atoms with E-state index in [-0.39, 0.29) is 23.8 Å². The van der Waals surface area contributed by atoms with Gasteiger partial charge in [0.15, 0.2) is 0 Å². The van der Waals surface area contributed by atoms with Gasteiger partial charge in [-0.05, 0) is 44.7 Å². The molecule has 0 amide bonds. The molecule has 164 valence electrons. The molecule has 1 aliphatic rings. The van der Waals surface area contributed by atoms with Crippen LogP contribution in [0.15, 0.2) is 30.6 Å². The summed E-state index contributed by atoms with van der Waals surface area (Å²) in [6, 6.07) is 5.40. The van der Waals surface area contributed by atoms with Crippen LogP contribution in [0.3, 0.4) is 0 Å². The highest BCUT2D eigenvalue weighted by Gasteiger charge is 2.25. The van der Waals surface area contributed by atoms with Crippen LogP contribution in [-0.2, 0) is 4.74 Å². The van der Waals surface area contributed by atoms with Crippen LogP contribution in [-0.4, -0.2) is 61.6 Å². The van der Waals surface area contributed by atoms with E-state index in [2.05, 4.69) is 21.4 Å². The van der Waals surface area contributed by atoms with Gasteiger partial charge in [-0.3, -0.25) is 0 Å². The van der Waals surface area contributed by atoms with Crippen molar-refractivity contribution < 1.29 is 19.7 Å². The van der Waals surface area contributed by atoms with Gasteiger partial charge >= 0.3 is 5.97 Å². The molecule has 9 heteroatoms. The van der Waals surface area contributed by atoms with Crippen molar-refractivity contribution in [3.05, 3.63) is 42.0 Å². The number of carbonyl (C=O) groups is 1. The Morgan fingerprint density at radius 3 is 2.68 bits per heavy atom. The number of hydrogen-bond acceptors (Lipinski definition) is 7. The summed E-state index contributed by atoms with van der Waals surface area (Å²) in [5.74, 6) is -0.273.